The molecule has 25 heavy (non-hydrogen) atoms. The standard InChI is InChI=1S/C20H21N3O2/c1-3-23(17-11-7-8-15(2)14-17)20(24)19-22-21-18(25-19)13-12-16-9-5-4-6-10-16/h4-11,14H,3,12-13H2,1-2H3. The van der Waals surface area contributed by atoms with Crippen molar-refractivity contribution in [2.24, 2.45) is 0 Å². The highest BCUT2D eigenvalue weighted by atomic mass is 16.4. The second kappa shape index (κ2) is 7.75. The Labute approximate surface area is 147 Å². The molecule has 0 atom stereocenters. The lowest BCUT2D eigenvalue weighted by molar-refractivity contribution is 0.0953. The van der Waals surface area contributed by atoms with Gasteiger partial charge in [0, 0.05) is 18.7 Å². The second-order valence-corrected chi connectivity index (χ2v) is 5.87. The minimum Gasteiger partial charge on any atom is -0.417 e. The Bertz CT molecular complexity index is 843. The molecule has 3 rings (SSSR count). The van der Waals surface area contributed by atoms with Gasteiger partial charge in [0.25, 0.3) is 0 Å². The Hall–Kier alpha value is -2.95. The van der Waals surface area contributed by atoms with Crippen molar-refractivity contribution in [2.45, 2.75) is 26.7 Å². The van der Waals surface area contributed by atoms with E-state index in [0.717, 1.165) is 17.7 Å². The molecule has 1 aromatic heterocycles. The molecule has 0 radical (unpaired) electrons. The lowest BCUT2D eigenvalue weighted by atomic mass is 10.1. The van der Waals surface area contributed by atoms with Gasteiger partial charge in [-0.15, -0.1) is 10.2 Å². The molecule has 1 heterocycles. The van der Waals surface area contributed by atoms with Crippen LogP contribution >= 0.6 is 0 Å². The third-order valence-electron chi connectivity index (χ3n) is 3.99. The van der Waals surface area contributed by atoms with Crippen molar-refractivity contribution < 1.29 is 9.21 Å². The molecular formula is C20H21N3O2. The Kier molecular flexibility index (Phi) is 5.23. The predicted octanol–water partition coefficient (Wildman–Crippen LogP) is 3.83. The monoisotopic (exact) mass is 335 g/mol. The molecule has 0 aliphatic rings. The molecule has 5 heteroatoms. The Balaban J connectivity index is 1.71. The summed E-state index contributed by atoms with van der Waals surface area (Å²) in [6.07, 6.45) is 1.41. The van der Waals surface area contributed by atoms with Crippen molar-refractivity contribution in [3.05, 3.63) is 77.5 Å². The molecule has 0 N–H and O–H groups in total. The van der Waals surface area contributed by atoms with Crippen LogP contribution in [0.4, 0.5) is 5.69 Å². The van der Waals surface area contributed by atoms with Gasteiger partial charge in [-0.25, -0.2) is 0 Å². The number of amides is 1. The molecule has 3 aromatic rings. The molecule has 5 nitrogen and oxygen atoms in total. The van der Waals surface area contributed by atoms with Gasteiger partial charge in [-0.2, -0.15) is 0 Å². The summed E-state index contributed by atoms with van der Waals surface area (Å²) in [7, 11) is 0. The summed E-state index contributed by atoms with van der Waals surface area (Å²) in [5.41, 5.74) is 3.12. The van der Waals surface area contributed by atoms with E-state index in [1.165, 1.54) is 5.56 Å². The highest BCUT2D eigenvalue weighted by Crippen LogP contribution is 2.18. The van der Waals surface area contributed by atoms with Crippen LogP contribution in [-0.2, 0) is 12.8 Å². The quantitative estimate of drug-likeness (QED) is 0.687. The summed E-state index contributed by atoms with van der Waals surface area (Å²) in [5, 5.41) is 7.95. The molecule has 1 amide bonds. The number of carbonyl (C=O) groups is 1. The molecule has 0 unspecified atom stereocenters. The van der Waals surface area contributed by atoms with E-state index in [1.54, 1.807) is 4.90 Å². The van der Waals surface area contributed by atoms with Gasteiger partial charge in [-0.05, 0) is 43.5 Å². The zero-order chi connectivity index (χ0) is 17.6. The van der Waals surface area contributed by atoms with Gasteiger partial charge >= 0.3 is 11.8 Å². The van der Waals surface area contributed by atoms with Crippen LogP contribution in [0.1, 0.15) is 34.6 Å². The molecule has 0 spiro atoms. The fraction of sp³-hybridized carbons (Fsp3) is 0.250. The lowest BCUT2D eigenvalue weighted by Crippen LogP contribution is -2.30. The van der Waals surface area contributed by atoms with Crippen LogP contribution in [0, 0.1) is 6.92 Å². The summed E-state index contributed by atoms with van der Waals surface area (Å²) >= 11 is 0. The first-order valence-electron chi connectivity index (χ1n) is 8.42. The van der Waals surface area contributed by atoms with Crippen molar-refractivity contribution in [1.29, 1.82) is 0 Å². The maximum absolute atomic E-state index is 12.7. The van der Waals surface area contributed by atoms with Crippen molar-refractivity contribution in [3.63, 3.8) is 0 Å². The molecular weight excluding hydrogens is 314 g/mol. The molecule has 0 bridgehead atoms. The number of anilines is 1. The van der Waals surface area contributed by atoms with E-state index in [-0.39, 0.29) is 11.8 Å². The van der Waals surface area contributed by atoms with Crippen LogP contribution in [0.15, 0.2) is 59.0 Å². The van der Waals surface area contributed by atoms with Crippen LogP contribution in [0.2, 0.25) is 0 Å². The van der Waals surface area contributed by atoms with E-state index >= 15 is 0 Å². The summed E-state index contributed by atoms with van der Waals surface area (Å²) < 4.78 is 5.59. The van der Waals surface area contributed by atoms with Crippen LogP contribution in [0.25, 0.3) is 0 Å². The van der Waals surface area contributed by atoms with Crippen LogP contribution in [0.3, 0.4) is 0 Å². The Morgan fingerprint density at radius 1 is 1.04 bits per heavy atom. The smallest absolute Gasteiger partial charge is 0.315 e. The van der Waals surface area contributed by atoms with Crippen molar-refractivity contribution in [3.8, 4) is 0 Å². The van der Waals surface area contributed by atoms with E-state index in [2.05, 4.69) is 22.3 Å². The minimum absolute atomic E-state index is 0.0337. The van der Waals surface area contributed by atoms with Crippen molar-refractivity contribution >= 4 is 11.6 Å². The highest BCUT2D eigenvalue weighted by Gasteiger charge is 2.22. The summed E-state index contributed by atoms with van der Waals surface area (Å²) in [6.45, 7) is 4.45. The molecule has 0 aliphatic carbocycles. The molecule has 0 saturated carbocycles. The van der Waals surface area contributed by atoms with Gasteiger partial charge in [0.1, 0.15) is 0 Å². The normalized spacial score (nSPS) is 10.6. The number of carbonyl (C=O) groups excluding carboxylic acids is 1. The topological polar surface area (TPSA) is 59.2 Å². The van der Waals surface area contributed by atoms with Gasteiger partial charge < -0.3 is 9.32 Å². The number of aromatic nitrogens is 2. The highest BCUT2D eigenvalue weighted by molar-refractivity contribution is 6.02. The van der Waals surface area contributed by atoms with E-state index in [9.17, 15) is 4.79 Å². The van der Waals surface area contributed by atoms with Crippen LogP contribution in [0.5, 0.6) is 0 Å². The van der Waals surface area contributed by atoms with Crippen LogP contribution < -0.4 is 4.90 Å². The average molecular weight is 335 g/mol. The maximum atomic E-state index is 12.7. The predicted molar refractivity (Wildman–Crippen MR) is 96.7 cm³/mol. The van der Waals surface area contributed by atoms with Gasteiger partial charge in [-0.1, -0.05) is 42.5 Å². The van der Waals surface area contributed by atoms with E-state index in [0.29, 0.717) is 18.9 Å². The first-order chi connectivity index (χ1) is 12.2. The van der Waals surface area contributed by atoms with Gasteiger partial charge in [0.2, 0.25) is 5.89 Å². The van der Waals surface area contributed by atoms with E-state index < -0.39 is 0 Å². The molecule has 128 valence electrons. The largest absolute Gasteiger partial charge is 0.417 e. The minimum atomic E-state index is -0.272. The van der Waals surface area contributed by atoms with Crippen LogP contribution in [-0.4, -0.2) is 22.6 Å². The Morgan fingerprint density at radius 3 is 2.56 bits per heavy atom. The third-order valence-corrected chi connectivity index (χ3v) is 3.99. The van der Waals surface area contributed by atoms with Crippen molar-refractivity contribution in [1.82, 2.24) is 10.2 Å². The third kappa shape index (κ3) is 4.12. The van der Waals surface area contributed by atoms with E-state index in [1.807, 2.05) is 56.3 Å². The molecule has 0 fully saturated rings. The number of aryl methyl sites for hydroxylation is 3. The maximum Gasteiger partial charge on any atom is 0.315 e. The van der Waals surface area contributed by atoms with Gasteiger partial charge in [0.15, 0.2) is 0 Å². The molecule has 0 aliphatic heterocycles. The fourth-order valence-electron chi connectivity index (χ4n) is 2.69. The summed E-state index contributed by atoms with van der Waals surface area (Å²) in [5.74, 6) is 0.241. The average Bonchev–Trinajstić information content (AvgIpc) is 3.10. The first kappa shape index (κ1) is 16.9. The fourth-order valence-corrected chi connectivity index (χ4v) is 2.69. The number of benzene rings is 2. The van der Waals surface area contributed by atoms with Gasteiger partial charge in [-0.3, -0.25) is 4.79 Å². The van der Waals surface area contributed by atoms with E-state index in [4.69, 9.17) is 4.42 Å². The number of rotatable bonds is 6. The number of hydrogen-bond donors (Lipinski definition) is 0. The zero-order valence-electron chi connectivity index (χ0n) is 14.5. The van der Waals surface area contributed by atoms with Crippen molar-refractivity contribution in [2.75, 3.05) is 11.4 Å². The summed E-state index contributed by atoms with van der Waals surface area (Å²) in [6, 6.07) is 17.9. The molecule has 2 aromatic carbocycles. The number of nitrogens with zero attached hydrogens (tertiary/aromatic N) is 3. The first-order valence-corrected chi connectivity index (χ1v) is 8.42. The molecule has 0 saturated heterocycles. The zero-order valence-corrected chi connectivity index (χ0v) is 14.5. The SMILES string of the molecule is CCN(C(=O)c1nnc(CCc2ccccc2)o1)c1cccc(C)c1. The lowest BCUT2D eigenvalue weighted by Gasteiger charge is -2.19. The van der Waals surface area contributed by atoms with Gasteiger partial charge in [0.05, 0.1) is 0 Å². The second-order valence-electron chi connectivity index (χ2n) is 5.87. The Morgan fingerprint density at radius 2 is 1.84 bits per heavy atom. The number of hydrogen-bond acceptors (Lipinski definition) is 4. The summed E-state index contributed by atoms with van der Waals surface area (Å²) in [4.78, 5) is 14.3.